The smallest absolute Gasteiger partial charge is 0.356 e. The van der Waals surface area contributed by atoms with Crippen LogP contribution in [0.3, 0.4) is 0 Å². The highest BCUT2D eigenvalue weighted by Crippen LogP contribution is 2.35. The number of para-hydroxylation sites is 1. The Hall–Kier alpha value is -3.08. The van der Waals surface area contributed by atoms with Crippen molar-refractivity contribution in [2.75, 3.05) is 54.8 Å². The lowest BCUT2D eigenvalue weighted by molar-refractivity contribution is -0.136. The molecule has 0 saturated carbocycles. The minimum atomic E-state index is -4.52. The second-order valence-electron chi connectivity index (χ2n) is 10.8. The molecule has 8 nitrogen and oxygen atoms in total. The number of rotatable bonds is 5. The fourth-order valence-corrected chi connectivity index (χ4v) is 6.00. The van der Waals surface area contributed by atoms with Crippen LogP contribution in [-0.2, 0) is 6.18 Å². The molecule has 0 spiro atoms. The summed E-state index contributed by atoms with van der Waals surface area (Å²) in [5.74, 6) is 1.67. The van der Waals surface area contributed by atoms with E-state index in [-0.39, 0.29) is 11.7 Å². The largest absolute Gasteiger partial charge is 0.418 e. The summed E-state index contributed by atoms with van der Waals surface area (Å²) in [6, 6.07) is 7.20. The molecule has 0 aliphatic carbocycles. The standard InChI is InChI=1S/C28H38F3N7O/c29-28(30,31)23-9-3-4-10-24(23)34-27(39)37-18-12-22(13-19-37)38-17-7-8-21(20-38)33-26-32-14-11-25(35-26)36-15-5-1-2-6-16-36/h3-4,9-11,14,21-22H,1-2,5-8,12-13,15-20H2,(H,34,39)(H,32,33,35). The summed E-state index contributed by atoms with van der Waals surface area (Å²) in [5, 5.41) is 6.03. The minimum absolute atomic E-state index is 0.204. The van der Waals surface area contributed by atoms with E-state index in [2.05, 4.69) is 25.4 Å². The number of halogens is 3. The number of amides is 2. The first-order valence-electron chi connectivity index (χ1n) is 14.2. The summed E-state index contributed by atoms with van der Waals surface area (Å²) in [7, 11) is 0. The van der Waals surface area contributed by atoms with Crippen LogP contribution >= 0.6 is 0 Å². The Kier molecular flexibility index (Phi) is 8.74. The Morgan fingerprint density at radius 3 is 2.38 bits per heavy atom. The number of urea groups is 1. The first kappa shape index (κ1) is 27.5. The summed E-state index contributed by atoms with van der Waals surface area (Å²) in [6.45, 7) is 4.99. The van der Waals surface area contributed by atoms with E-state index in [1.807, 2.05) is 12.3 Å². The van der Waals surface area contributed by atoms with E-state index in [4.69, 9.17) is 4.98 Å². The molecule has 1 aromatic carbocycles. The van der Waals surface area contributed by atoms with Crippen LogP contribution in [0.2, 0.25) is 0 Å². The molecule has 212 valence electrons. The summed E-state index contributed by atoms with van der Waals surface area (Å²) < 4.78 is 39.9. The summed E-state index contributed by atoms with van der Waals surface area (Å²) in [4.78, 5) is 28.5. The SMILES string of the molecule is O=C(Nc1ccccc1C(F)(F)F)N1CCC(N2CCCC(Nc3nccc(N4CCCCCC4)n3)C2)CC1. The van der Waals surface area contributed by atoms with Crippen molar-refractivity contribution in [1.29, 1.82) is 0 Å². The van der Waals surface area contributed by atoms with Gasteiger partial charge in [0.05, 0.1) is 11.3 Å². The maximum Gasteiger partial charge on any atom is 0.418 e. The Balaban J connectivity index is 1.12. The maximum absolute atomic E-state index is 13.3. The van der Waals surface area contributed by atoms with Gasteiger partial charge in [0, 0.05) is 51.0 Å². The number of nitrogens with zero attached hydrogens (tertiary/aromatic N) is 5. The first-order chi connectivity index (χ1) is 18.9. The second-order valence-corrected chi connectivity index (χ2v) is 10.8. The highest BCUT2D eigenvalue weighted by molar-refractivity contribution is 5.90. The molecule has 1 aromatic heterocycles. The Bertz CT molecular complexity index is 1100. The highest BCUT2D eigenvalue weighted by atomic mass is 19.4. The molecular formula is C28H38F3N7O. The third-order valence-corrected chi connectivity index (χ3v) is 8.10. The summed E-state index contributed by atoms with van der Waals surface area (Å²) >= 11 is 0. The van der Waals surface area contributed by atoms with Crippen LogP contribution < -0.4 is 15.5 Å². The van der Waals surface area contributed by atoms with Crippen molar-refractivity contribution >= 4 is 23.5 Å². The van der Waals surface area contributed by atoms with Gasteiger partial charge >= 0.3 is 12.2 Å². The lowest BCUT2D eigenvalue weighted by atomic mass is 9.98. The van der Waals surface area contributed by atoms with Crippen molar-refractivity contribution in [3.63, 3.8) is 0 Å². The van der Waals surface area contributed by atoms with Crippen LogP contribution in [-0.4, -0.2) is 77.2 Å². The average Bonchev–Trinajstić information content (AvgIpc) is 3.23. The molecule has 3 aliphatic heterocycles. The summed E-state index contributed by atoms with van der Waals surface area (Å²) in [6.07, 6.45) is 5.98. The van der Waals surface area contributed by atoms with Gasteiger partial charge in [0.15, 0.2) is 0 Å². The van der Waals surface area contributed by atoms with Gasteiger partial charge in [0.2, 0.25) is 5.95 Å². The third kappa shape index (κ3) is 7.12. The molecule has 3 saturated heterocycles. The molecule has 39 heavy (non-hydrogen) atoms. The van der Waals surface area contributed by atoms with Crippen LogP contribution in [0.4, 0.5) is 35.4 Å². The molecule has 0 radical (unpaired) electrons. The zero-order chi connectivity index (χ0) is 27.2. The van der Waals surface area contributed by atoms with Crippen LogP contribution in [0.15, 0.2) is 36.5 Å². The van der Waals surface area contributed by atoms with Crippen molar-refractivity contribution in [3.8, 4) is 0 Å². The lowest BCUT2D eigenvalue weighted by Crippen LogP contribution is -2.52. The number of aromatic nitrogens is 2. The van der Waals surface area contributed by atoms with Crippen LogP contribution in [0.5, 0.6) is 0 Å². The number of nitrogens with one attached hydrogen (secondary N) is 2. The van der Waals surface area contributed by atoms with Gasteiger partial charge < -0.3 is 20.4 Å². The van der Waals surface area contributed by atoms with Crippen LogP contribution in [0.1, 0.15) is 56.9 Å². The van der Waals surface area contributed by atoms with Gasteiger partial charge in [-0.1, -0.05) is 25.0 Å². The van der Waals surface area contributed by atoms with Crippen molar-refractivity contribution < 1.29 is 18.0 Å². The molecule has 3 aliphatic rings. The molecule has 11 heteroatoms. The van der Waals surface area contributed by atoms with Gasteiger partial charge in [-0.2, -0.15) is 18.2 Å². The van der Waals surface area contributed by atoms with E-state index in [0.29, 0.717) is 25.1 Å². The quantitative estimate of drug-likeness (QED) is 0.521. The molecule has 2 N–H and O–H groups in total. The van der Waals surface area contributed by atoms with Crippen LogP contribution in [0.25, 0.3) is 0 Å². The van der Waals surface area contributed by atoms with E-state index >= 15 is 0 Å². The molecule has 1 atom stereocenters. The molecule has 1 unspecified atom stereocenters. The van der Waals surface area contributed by atoms with E-state index in [0.717, 1.165) is 63.7 Å². The highest BCUT2D eigenvalue weighted by Gasteiger charge is 2.35. The number of piperidine rings is 2. The number of hydrogen-bond donors (Lipinski definition) is 2. The topological polar surface area (TPSA) is 76.6 Å². The first-order valence-corrected chi connectivity index (χ1v) is 14.2. The maximum atomic E-state index is 13.3. The molecule has 2 amide bonds. The van der Waals surface area contributed by atoms with Gasteiger partial charge in [-0.3, -0.25) is 4.90 Å². The van der Waals surface area contributed by atoms with E-state index in [1.165, 1.54) is 43.9 Å². The average molecular weight is 546 g/mol. The fourth-order valence-electron chi connectivity index (χ4n) is 6.00. The van der Waals surface area contributed by atoms with E-state index in [9.17, 15) is 18.0 Å². The molecule has 2 aromatic rings. The lowest BCUT2D eigenvalue weighted by Gasteiger charge is -2.42. The number of carbonyl (C=O) groups is 1. The molecule has 4 heterocycles. The Morgan fingerprint density at radius 1 is 0.897 bits per heavy atom. The minimum Gasteiger partial charge on any atom is -0.356 e. The number of carbonyl (C=O) groups excluding carboxylic acids is 1. The molecular weight excluding hydrogens is 507 g/mol. The second kappa shape index (κ2) is 12.4. The van der Waals surface area contributed by atoms with E-state index < -0.39 is 17.8 Å². The Morgan fingerprint density at radius 2 is 1.64 bits per heavy atom. The Labute approximate surface area is 228 Å². The van der Waals surface area contributed by atoms with Gasteiger partial charge in [-0.15, -0.1) is 0 Å². The predicted octanol–water partition coefficient (Wildman–Crippen LogP) is 5.45. The monoisotopic (exact) mass is 545 g/mol. The zero-order valence-electron chi connectivity index (χ0n) is 22.3. The van der Waals surface area contributed by atoms with Gasteiger partial charge in [0.25, 0.3) is 0 Å². The number of anilines is 3. The third-order valence-electron chi connectivity index (χ3n) is 8.10. The molecule has 5 rings (SSSR count). The van der Waals surface area contributed by atoms with Crippen molar-refractivity contribution in [3.05, 3.63) is 42.1 Å². The summed E-state index contributed by atoms with van der Waals surface area (Å²) in [5.41, 5.74) is -1.04. The number of likely N-dealkylation sites (tertiary alicyclic amines) is 2. The van der Waals surface area contributed by atoms with Gasteiger partial charge in [-0.25, -0.2) is 9.78 Å². The number of alkyl halides is 3. The van der Waals surface area contributed by atoms with E-state index in [1.54, 1.807) is 4.90 Å². The van der Waals surface area contributed by atoms with Gasteiger partial charge in [-0.05, 0) is 63.3 Å². The number of hydrogen-bond acceptors (Lipinski definition) is 6. The molecule has 0 bridgehead atoms. The normalized spacial score (nSPS) is 21.9. The predicted molar refractivity (Wildman–Crippen MR) is 146 cm³/mol. The number of benzene rings is 1. The van der Waals surface area contributed by atoms with Gasteiger partial charge in [0.1, 0.15) is 5.82 Å². The fraction of sp³-hybridized carbons (Fsp3) is 0.607. The van der Waals surface area contributed by atoms with Crippen molar-refractivity contribution in [2.24, 2.45) is 0 Å². The molecule has 3 fully saturated rings. The van der Waals surface area contributed by atoms with Crippen molar-refractivity contribution in [1.82, 2.24) is 19.8 Å². The van der Waals surface area contributed by atoms with Crippen LogP contribution in [0, 0.1) is 0 Å². The van der Waals surface area contributed by atoms with Crippen molar-refractivity contribution in [2.45, 2.75) is 69.6 Å². The zero-order valence-corrected chi connectivity index (χ0v) is 22.3.